The summed E-state index contributed by atoms with van der Waals surface area (Å²) < 4.78 is 67.5. The van der Waals surface area contributed by atoms with Crippen molar-refractivity contribution in [1.29, 1.82) is 0 Å². The minimum Gasteiger partial charge on any atom is -0.282 e. The molecule has 100 valence electrons. The van der Waals surface area contributed by atoms with Crippen LogP contribution >= 0.6 is 0 Å². The van der Waals surface area contributed by atoms with E-state index in [9.17, 15) is 21.6 Å². The molecule has 0 unspecified atom stereocenters. The molecule has 0 spiro atoms. The number of halogens is 3. The summed E-state index contributed by atoms with van der Waals surface area (Å²) in [4.78, 5) is -0.389. The average molecular weight is 280 g/mol. The monoisotopic (exact) mass is 280 g/mol. The highest BCUT2D eigenvalue weighted by Crippen LogP contribution is 2.22. The lowest BCUT2D eigenvalue weighted by Crippen LogP contribution is -2.04. The van der Waals surface area contributed by atoms with Crippen LogP contribution in [0, 0.1) is 6.92 Å². The Morgan fingerprint density at radius 1 is 1.28 bits per heavy atom. The Hall–Kier alpha value is -1.34. The highest BCUT2D eigenvalue weighted by Gasteiger charge is 2.16. The van der Waals surface area contributed by atoms with Crippen molar-refractivity contribution in [2.75, 3.05) is 0 Å². The molecule has 1 rings (SSSR count). The molecular weight excluding hydrogens is 269 g/mol. The summed E-state index contributed by atoms with van der Waals surface area (Å²) in [7, 11) is -4.44. The Morgan fingerprint density at radius 3 is 2.39 bits per heavy atom. The first-order valence-corrected chi connectivity index (χ1v) is 6.42. The summed E-state index contributed by atoms with van der Waals surface area (Å²) in [6.07, 6.45) is -3.27. The van der Waals surface area contributed by atoms with Crippen LogP contribution in [0.1, 0.15) is 17.5 Å². The van der Waals surface area contributed by atoms with Crippen LogP contribution < -0.4 is 0 Å². The van der Waals surface area contributed by atoms with Gasteiger partial charge in [0.1, 0.15) is 0 Å². The first-order valence-electron chi connectivity index (χ1n) is 4.98. The smallest absolute Gasteiger partial charge is 0.282 e. The number of allylic oxidation sites excluding steroid dienone is 1. The number of rotatable bonds is 4. The second kappa shape index (κ2) is 5.53. The highest BCUT2D eigenvalue weighted by atomic mass is 32.2. The minimum absolute atomic E-state index is 0.105. The van der Waals surface area contributed by atoms with Gasteiger partial charge in [0, 0.05) is 6.42 Å². The van der Waals surface area contributed by atoms with Gasteiger partial charge in [0.2, 0.25) is 0 Å². The molecule has 0 radical (unpaired) electrons. The van der Waals surface area contributed by atoms with Crippen LogP contribution in [0.4, 0.5) is 13.2 Å². The largest absolute Gasteiger partial charge is 0.301 e. The topological polar surface area (TPSA) is 54.4 Å². The Labute approximate surface area is 103 Å². The van der Waals surface area contributed by atoms with E-state index in [1.807, 2.05) is 0 Å². The lowest BCUT2D eigenvalue weighted by atomic mass is 10.1. The van der Waals surface area contributed by atoms with Crippen molar-refractivity contribution >= 4 is 10.1 Å². The zero-order valence-corrected chi connectivity index (χ0v) is 10.3. The third-order valence-corrected chi connectivity index (χ3v) is 3.27. The van der Waals surface area contributed by atoms with Crippen LogP contribution in [0.5, 0.6) is 0 Å². The van der Waals surface area contributed by atoms with Gasteiger partial charge in [0.15, 0.2) is 5.83 Å². The number of hydrogen-bond acceptors (Lipinski definition) is 2. The fraction of sp³-hybridized carbons (Fsp3) is 0.273. The van der Waals surface area contributed by atoms with Crippen LogP contribution in [-0.4, -0.2) is 13.0 Å². The summed E-state index contributed by atoms with van der Waals surface area (Å²) in [5.74, 6) is -1.59. The van der Waals surface area contributed by atoms with Crippen molar-refractivity contribution in [3.63, 3.8) is 0 Å². The van der Waals surface area contributed by atoms with Crippen LogP contribution in [0.15, 0.2) is 35.0 Å². The van der Waals surface area contributed by atoms with Crippen molar-refractivity contribution in [1.82, 2.24) is 0 Å². The van der Waals surface area contributed by atoms with Gasteiger partial charge >= 0.3 is 6.08 Å². The summed E-state index contributed by atoms with van der Waals surface area (Å²) in [6.45, 7) is 1.67. The average Bonchev–Trinajstić information content (AvgIpc) is 2.23. The third-order valence-electron chi connectivity index (χ3n) is 2.31. The molecule has 0 amide bonds. The normalized spacial score (nSPS) is 11.4. The molecule has 0 fully saturated rings. The van der Waals surface area contributed by atoms with E-state index < -0.39 is 28.4 Å². The maximum absolute atomic E-state index is 12.7. The predicted molar refractivity (Wildman–Crippen MR) is 59.7 cm³/mol. The predicted octanol–water partition coefficient (Wildman–Crippen LogP) is 3.25. The molecule has 3 nitrogen and oxygen atoms in total. The second-order valence-electron chi connectivity index (χ2n) is 3.75. The van der Waals surface area contributed by atoms with Gasteiger partial charge in [-0.25, -0.2) is 4.39 Å². The van der Waals surface area contributed by atoms with Gasteiger partial charge in [0.05, 0.1) is 4.90 Å². The molecule has 1 aromatic rings. The molecule has 0 saturated carbocycles. The molecule has 1 N–H and O–H groups in total. The van der Waals surface area contributed by atoms with E-state index in [1.54, 1.807) is 6.92 Å². The van der Waals surface area contributed by atoms with Crippen LogP contribution in [0.25, 0.3) is 0 Å². The highest BCUT2D eigenvalue weighted by molar-refractivity contribution is 7.85. The molecule has 0 aliphatic rings. The van der Waals surface area contributed by atoms with E-state index in [-0.39, 0.29) is 16.9 Å². The molecule has 18 heavy (non-hydrogen) atoms. The van der Waals surface area contributed by atoms with Crippen molar-refractivity contribution in [2.24, 2.45) is 0 Å². The standard InChI is InChI=1S/C11H11F3O3S/c1-7-2-5-10(18(15,16)17)8(6-7)3-4-9(12)11(13)14/h2,5-6H,3-4H2,1H3,(H,15,16,17). The summed E-state index contributed by atoms with van der Waals surface area (Å²) >= 11 is 0. The Balaban J connectivity index is 3.08. The van der Waals surface area contributed by atoms with E-state index in [2.05, 4.69) is 0 Å². The summed E-state index contributed by atoms with van der Waals surface area (Å²) in [6, 6.07) is 4.02. The number of hydrogen-bond donors (Lipinski definition) is 1. The number of aryl methyl sites for hydroxylation is 2. The maximum atomic E-state index is 12.7. The minimum atomic E-state index is -4.44. The lowest BCUT2D eigenvalue weighted by Gasteiger charge is -2.07. The van der Waals surface area contributed by atoms with Gasteiger partial charge in [0.25, 0.3) is 10.1 Å². The molecule has 0 bridgehead atoms. The first-order chi connectivity index (χ1) is 8.21. The molecule has 1 aromatic carbocycles. The molecule has 0 heterocycles. The Kier molecular flexibility index (Phi) is 4.53. The fourth-order valence-electron chi connectivity index (χ4n) is 1.49. The van der Waals surface area contributed by atoms with Crippen LogP contribution in [0.2, 0.25) is 0 Å². The molecule has 0 aliphatic heterocycles. The van der Waals surface area contributed by atoms with Gasteiger partial charge in [-0.1, -0.05) is 17.7 Å². The van der Waals surface area contributed by atoms with Crippen molar-refractivity contribution in [3.05, 3.63) is 41.2 Å². The molecule has 0 aliphatic carbocycles. The molecular formula is C11H11F3O3S. The van der Waals surface area contributed by atoms with Gasteiger partial charge in [-0.3, -0.25) is 4.55 Å². The molecule has 0 atom stereocenters. The van der Waals surface area contributed by atoms with E-state index in [1.165, 1.54) is 12.1 Å². The van der Waals surface area contributed by atoms with Crippen LogP contribution in [0.3, 0.4) is 0 Å². The maximum Gasteiger partial charge on any atom is 0.301 e. The fourth-order valence-corrected chi connectivity index (χ4v) is 2.23. The van der Waals surface area contributed by atoms with Crippen LogP contribution in [-0.2, 0) is 16.5 Å². The van der Waals surface area contributed by atoms with E-state index >= 15 is 0 Å². The van der Waals surface area contributed by atoms with E-state index in [0.717, 1.165) is 6.07 Å². The third kappa shape index (κ3) is 3.85. The van der Waals surface area contributed by atoms with Gasteiger partial charge in [-0.15, -0.1) is 0 Å². The number of benzene rings is 1. The Bertz CT molecular complexity index is 575. The summed E-state index contributed by atoms with van der Waals surface area (Å²) in [5, 5.41) is 0. The van der Waals surface area contributed by atoms with Crippen molar-refractivity contribution in [2.45, 2.75) is 24.7 Å². The second-order valence-corrected chi connectivity index (χ2v) is 5.14. The van der Waals surface area contributed by atoms with Gasteiger partial charge in [-0.2, -0.15) is 17.2 Å². The van der Waals surface area contributed by atoms with E-state index in [4.69, 9.17) is 4.55 Å². The zero-order chi connectivity index (χ0) is 13.9. The van der Waals surface area contributed by atoms with Gasteiger partial charge in [-0.05, 0) is 25.0 Å². The zero-order valence-electron chi connectivity index (χ0n) is 9.45. The lowest BCUT2D eigenvalue weighted by molar-refractivity contribution is 0.370. The molecule has 0 aromatic heterocycles. The first kappa shape index (κ1) is 14.7. The van der Waals surface area contributed by atoms with Crippen molar-refractivity contribution < 1.29 is 26.1 Å². The van der Waals surface area contributed by atoms with Crippen molar-refractivity contribution in [3.8, 4) is 0 Å². The SMILES string of the molecule is Cc1ccc(S(=O)(=O)O)c(CCC(F)=C(F)F)c1. The molecule has 0 saturated heterocycles. The molecule has 7 heteroatoms. The quantitative estimate of drug-likeness (QED) is 0.861. The Morgan fingerprint density at radius 2 is 1.89 bits per heavy atom. The van der Waals surface area contributed by atoms with Gasteiger partial charge < -0.3 is 0 Å². The summed E-state index contributed by atoms with van der Waals surface area (Å²) in [5.41, 5.74) is 0.788. The van der Waals surface area contributed by atoms with E-state index in [0.29, 0.717) is 5.56 Å².